The lowest BCUT2D eigenvalue weighted by Gasteiger charge is -2.11. The maximum absolute atomic E-state index is 12.1. The Morgan fingerprint density at radius 2 is 2.09 bits per heavy atom. The van der Waals surface area contributed by atoms with Crippen molar-refractivity contribution < 1.29 is 8.42 Å². The molecule has 3 rings (SSSR count). The molecule has 0 amide bonds. The summed E-state index contributed by atoms with van der Waals surface area (Å²) in [5.74, 6) is 0. The van der Waals surface area contributed by atoms with Crippen molar-refractivity contribution in [3.8, 4) is 10.7 Å². The number of aromatic nitrogens is 2. The van der Waals surface area contributed by atoms with Gasteiger partial charge >= 0.3 is 0 Å². The predicted molar refractivity (Wildman–Crippen MR) is 88.2 cm³/mol. The minimum atomic E-state index is -3.16. The zero-order chi connectivity index (χ0) is 15.4. The third-order valence-corrected chi connectivity index (χ3v) is 6.73. The number of pyridine rings is 1. The van der Waals surface area contributed by atoms with Crippen LogP contribution in [-0.4, -0.2) is 30.2 Å². The van der Waals surface area contributed by atoms with Gasteiger partial charge < -0.3 is 0 Å². The second-order valence-electron chi connectivity index (χ2n) is 5.45. The van der Waals surface area contributed by atoms with Crippen molar-refractivity contribution in [2.75, 3.05) is 6.54 Å². The number of hydrogen-bond acceptors (Lipinski definition) is 5. The van der Waals surface area contributed by atoms with Gasteiger partial charge in [0.25, 0.3) is 0 Å². The summed E-state index contributed by atoms with van der Waals surface area (Å²) in [6.07, 6.45) is 5.96. The average Bonchev–Trinajstić information content (AvgIpc) is 3.20. The summed E-state index contributed by atoms with van der Waals surface area (Å²) in [5, 5.41) is 2.63. The molecular formula is C15H19N3O2S2. The highest BCUT2D eigenvalue weighted by Crippen LogP contribution is 2.24. The van der Waals surface area contributed by atoms with Gasteiger partial charge in [0.1, 0.15) is 5.01 Å². The minimum absolute atomic E-state index is 0.202. The van der Waals surface area contributed by atoms with Gasteiger partial charge in [0, 0.05) is 24.5 Å². The molecule has 0 atom stereocenters. The fourth-order valence-electron chi connectivity index (χ4n) is 2.67. The van der Waals surface area contributed by atoms with Gasteiger partial charge in [-0.1, -0.05) is 18.9 Å². The van der Waals surface area contributed by atoms with Crippen molar-refractivity contribution in [3.05, 3.63) is 35.5 Å². The Morgan fingerprint density at radius 1 is 1.27 bits per heavy atom. The van der Waals surface area contributed by atoms with Crippen LogP contribution in [0.25, 0.3) is 10.7 Å². The summed E-state index contributed by atoms with van der Waals surface area (Å²) >= 11 is 1.54. The highest BCUT2D eigenvalue weighted by Gasteiger charge is 2.27. The van der Waals surface area contributed by atoms with Crippen LogP contribution in [0.3, 0.4) is 0 Å². The second-order valence-corrected chi connectivity index (χ2v) is 8.36. The normalized spacial score (nSPS) is 16.2. The van der Waals surface area contributed by atoms with E-state index in [1.807, 2.05) is 23.6 Å². The summed E-state index contributed by atoms with van der Waals surface area (Å²) in [6.45, 7) is 0.407. The maximum Gasteiger partial charge on any atom is 0.214 e. The van der Waals surface area contributed by atoms with Gasteiger partial charge in [-0.15, -0.1) is 11.3 Å². The van der Waals surface area contributed by atoms with E-state index < -0.39 is 10.0 Å². The Labute approximate surface area is 134 Å². The van der Waals surface area contributed by atoms with Gasteiger partial charge in [-0.05, 0) is 25.0 Å². The van der Waals surface area contributed by atoms with E-state index in [0.29, 0.717) is 13.0 Å². The summed E-state index contributed by atoms with van der Waals surface area (Å²) in [4.78, 5) is 8.79. The molecular weight excluding hydrogens is 318 g/mol. The molecule has 2 aromatic heterocycles. The average molecular weight is 337 g/mol. The molecule has 118 valence electrons. The van der Waals surface area contributed by atoms with Gasteiger partial charge in [-0.25, -0.2) is 18.1 Å². The van der Waals surface area contributed by atoms with E-state index in [-0.39, 0.29) is 5.25 Å². The number of nitrogens with zero attached hydrogens (tertiary/aromatic N) is 2. The molecule has 2 aromatic rings. The van der Waals surface area contributed by atoms with E-state index in [1.165, 1.54) is 11.3 Å². The lowest BCUT2D eigenvalue weighted by atomic mass is 10.3. The molecule has 0 spiro atoms. The van der Waals surface area contributed by atoms with Crippen LogP contribution >= 0.6 is 11.3 Å². The smallest absolute Gasteiger partial charge is 0.214 e. The van der Waals surface area contributed by atoms with Gasteiger partial charge in [-0.2, -0.15) is 0 Å². The maximum atomic E-state index is 12.1. The molecule has 0 bridgehead atoms. The molecule has 0 radical (unpaired) electrons. The van der Waals surface area contributed by atoms with Crippen LogP contribution < -0.4 is 4.72 Å². The number of nitrogens with one attached hydrogen (secondary N) is 1. The van der Waals surface area contributed by atoms with Gasteiger partial charge in [0.15, 0.2) is 0 Å². The highest BCUT2D eigenvalue weighted by molar-refractivity contribution is 7.90. The first-order chi connectivity index (χ1) is 10.6. The Hall–Kier alpha value is -1.31. The second kappa shape index (κ2) is 6.85. The lowest BCUT2D eigenvalue weighted by Crippen LogP contribution is -2.34. The monoisotopic (exact) mass is 337 g/mol. The Morgan fingerprint density at radius 3 is 2.82 bits per heavy atom. The molecule has 5 nitrogen and oxygen atoms in total. The zero-order valence-corrected chi connectivity index (χ0v) is 13.9. The number of sulfonamides is 1. The van der Waals surface area contributed by atoms with Gasteiger partial charge in [0.2, 0.25) is 10.0 Å². The standard InChI is InChI=1S/C15H19N3O2S2/c19-22(20,13-5-1-2-6-13)17-10-8-12-11-21-15(18-12)14-7-3-4-9-16-14/h3-4,7,9,11,13,17H,1-2,5-6,8,10H2. The molecule has 1 N–H and O–H groups in total. The van der Waals surface area contributed by atoms with E-state index in [4.69, 9.17) is 0 Å². The molecule has 0 aromatic carbocycles. The molecule has 0 saturated heterocycles. The summed E-state index contributed by atoms with van der Waals surface area (Å²) in [6, 6.07) is 5.72. The third-order valence-electron chi connectivity index (χ3n) is 3.86. The van der Waals surface area contributed by atoms with Crippen molar-refractivity contribution in [1.82, 2.24) is 14.7 Å². The van der Waals surface area contributed by atoms with Crippen molar-refractivity contribution in [3.63, 3.8) is 0 Å². The van der Waals surface area contributed by atoms with Gasteiger partial charge in [-0.3, -0.25) is 4.98 Å². The van der Waals surface area contributed by atoms with Crippen LogP contribution in [0.5, 0.6) is 0 Å². The molecule has 2 heterocycles. The molecule has 0 unspecified atom stereocenters. The largest absolute Gasteiger partial charge is 0.254 e. The van der Waals surface area contributed by atoms with Crippen LogP contribution in [0, 0.1) is 0 Å². The number of rotatable bonds is 6. The van der Waals surface area contributed by atoms with Gasteiger partial charge in [0.05, 0.1) is 16.6 Å². The van der Waals surface area contributed by atoms with Crippen molar-refractivity contribution in [1.29, 1.82) is 0 Å². The fourth-order valence-corrected chi connectivity index (χ4v) is 5.07. The Balaban J connectivity index is 1.55. The van der Waals surface area contributed by atoms with Crippen LogP contribution in [-0.2, 0) is 16.4 Å². The van der Waals surface area contributed by atoms with E-state index in [2.05, 4.69) is 14.7 Å². The first-order valence-electron chi connectivity index (χ1n) is 7.49. The minimum Gasteiger partial charge on any atom is -0.254 e. The summed E-state index contributed by atoms with van der Waals surface area (Å²) in [5.41, 5.74) is 1.75. The highest BCUT2D eigenvalue weighted by atomic mass is 32.2. The number of hydrogen-bond donors (Lipinski definition) is 1. The van der Waals surface area contributed by atoms with E-state index in [1.54, 1.807) is 6.20 Å². The molecule has 1 fully saturated rings. The Bertz CT molecular complexity index is 707. The third kappa shape index (κ3) is 3.71. The van der Waals surface area contributed by atoms with Crippen LogP contribution in [0.4, 0.5) is 0 Å². The molecule has 1 aliphatic carbocycles. The summed E-state index contributed by atoms with van der Waals surface area (Å²) in [7, 11) is -3.16. The molecule has 7 heteroatoms. The van der Waals surface area contributed by atoms with Crippen molar-refractivity contribution in [2.45, 2.75) is 37.4 Å². The first-order valence-corrected chi connectivity index (χ1v) is 9.92. The molecule has 1 aliphatic rings. The predicted octanol–water partition coefficient (Wildman–Crippen LogP) is 2.61. The fraction of sp³-hybridized carbons (Fsp3) is 0.467. The van der Waals surface area contributed by atoms with Crippen LogP contribution in [0.2, 0.25) is 0 Å². The molecule has 0 aliphatic heterocycles. The van der Waals surface area contributed by atoms with E-state index in [0.717, 1.165) is 42.1 Å². The molecule has 22 heavy (non-hydrogen) atoms. The molecule has 1 saturated carbocycles. The number of thiazole rings is 1. The van der Waals surface area contributed by atoms with Crippen molar-refractivity contribution in [2.24, 2.45) is 0 Å². The Kier molecular flexibility index (Phi) is 4.85. The zero-order valence-electron chi connectivity index (χ0n) is 12.2. The van der Waals surface area contributed by atoms with E-state index >= 15 is 0 Å². The quantitative estimate of drug-likeness (QED) is 0.879. The van der Waals surface area contributed by atoms with Crippen molar-refractivity contribution >= 4 is 21.4 Å². The lowest BCUT2D eigenvalue weighted by molar-refractivity contribution is 0.564. The topological polar surface area (TPSA) is 72.0 Å². The van der Waals surface area contributed by atoms with E-state index in [9.17, 15) is 8.42 Å². The van der Waals surface area contributed by atoms with Crippen LogP contribution in [0.15, 0.2) is 29.8 Å². The SMILES string of the molecule is O=S(=O)(NCCc1csc(-c2ccccn2)n1)C1CCCC1. The first kappa shape index (κ1) is 15.6. The van der Waals surface area contributed by atoms with Crippen LogP contribution in [0.1, 0.15) is 31.4 Å². The summed E-state index contributed by atoms with van der Waals surface area (Å²) < 4.78 is 26.9.